The molecule has 26 heavy (non-hydrogen) atoms. The zero-order valence-corrected chi connectivity index (χ0v) is 15.7. The highest BCUT2D eigenvalue weighted by Gasteiger charge is 2.32. The molecule has 1 aliphatic rings. The number of benzene rings is 2. The van der Waals surface area contributed by atoms with Gasteiger partial charge in [0.25, 0.3) is 10.0 Å². The highest BCUT2D eigenvalue weighted by molar-refractivity contribution is 7.90. The lowest BCUT2D eigenvalue weighted by Gasteiger charge is -2.17. The maximum absolute atomic E-state index is 12.7. The van der Waals surface area contributed by atoms with Gasteiger partial charge in [-0.25, -0.2) is 8.42 Å². The van der Waals surface area contributed by atoms with E-state index in [1.807, 2.05) is 45.0 Å². The van der Waals surface area contributed by atoms with Gasteiger partial charge in [0.2, 0.25) is 5.91 Å². The first-order valence-electron chi connectivity index (χ1n) is 8.35. The van der Waals surface area contributed by atoms with E-state index >= 15 is 0 Å². The summed E-state index contributed by atoms with van der Waals surface area (Å²) in [4.78, 5) is 17.4. The Morgan fingerprint density at radius 3 is 2.54 bits per heavy atom. The van der Waals surface area contributed by atoms with Crippen molar-refractivity contribution in [3.8, 4) is 0 Å². The van der Waals surface area contributed by atoms with Gasteiger partial charge in [0.05, 0.1) is 4.90 Å². The molecule has 1 heterocycles. The van der Waals surface area contributed by atoms with E-state index in [4.69, 9.17) is 0 Å². The van der Waals surface area contributed by atoms with Crippen LogP contribution in [0.5, 0.6) is 0 Å². The van der Waals surface area contributed by atoms with E-state index in [0.29, 0.717) is 11.3 Å². The molecule has 0 unspecified atom stereocenters. The van der Waals surface area contributed by atoms with Crippen LogP contribution in [0.4, 0.5) is 5.69 Å². The molecule has 136 valence electrons. The van der Waals surface area contributed by atoms with Gasteiger partial charge in [0.15, 0.2) is 0 Å². The number of amidine groups is 1. The van der Waals surface area contributed by atoms with Gasteiger partial charge in [-0.2, -0.15) is 0 Å². The molecular weight excluding hydrogens is 350 g/mol. The molecule has 2 aromatic rings. The van der Waals surface area contributed by atoms with Crippen LogP contribution in [0.2, 0.25) is 0 Å². The number of hydrogen-bond donors (Lipinski definition) is 2. The lowest BCUT2D eigenvalue weighted by Crippen LogP contribution is -2.34. The number of nitrogens with zero attached hydrogens (tertiary/aromatic N) is 1. The fourth-order valence-electron chi connectivity index (χ4n) is 2.82. The second-order valence-electron chi connectivity index (χ2n) is 6.63. The van der Waals surface area contributed by atoms with E-state index in [2.05, 4.69) is 15.0 Å². The van der Waals surface area contributed by atoms with E-state index in [1.165, 1.54) is 6.07 Å². The molecule has 0 saturated heterocycles. The van der Waals surface area contributed by atoms with Crippen molar-refractivity contribution in [2.75, 3.05) is 5.32 Å². The summed E-state index contributed by atoms with van der Waals surface area (Å²) in [6.45, 7) is 5.69. The van der Waals surface area contributed by atoms with Crippen LogP contribution in [-0.4, -0.2) is 26.2 Å². The third-order valence-electron chi connectivity index (χ3n) is 4.12. The zero-order chi connectivity index (χ0) is 18.9. The number of aliphatic imine (C=N–C) groups is 1. The molecule has 1 atom stereocenters. The number of fused-ring (bicyclic) bond motifs is 1. The quantitative estimate of drug-likeness (QED) is 0.866. The lowest BCUT2D eigenvalue weighted by atomic mass is 10.0. The third-order valence-corrected chi connectivity index (χ3v) is 5.51. The first kappa shape index (κ1) is 18.1. The molecule has 0 fully saturated rings. The van der Waals surface area contributed by atoms with Gasteiger partial charge in [-0.3, -0.25) is 14.5 Å². The summed E-state index contributed by atoms with van der Waals surface area (Å²) in [6, 6.07) is 13.4. The molecule has 0 aliphatic carbocycles. The van der Waals surface area contributed by atoms with Crippen molar-refractivity contribution in [3.05, 3.63) is 59.7 Å². The first-order valence-corrected chi connectivity index (χ1v) is 9.84. The molecule has 2 aromatic carbocycles. The predicted molar refractivity (Wildman–Crippen MR) is 102 cm³/mol. The maximum Gasteiger partial charge on any atom is 0.263 e. The summed E-state index contributed by atoms with van der Waals surface area (Å²) in [5.41, 5.74) is 2.21. The molecule has 0 saturated carbocycles. The van der Waals surface area contributed by atoms with Crippen molar-refractivity contribution in [2.24, 2.45) is 10.9 Å². The molecule has 0 bridgehead atoms. The Labute approximate surface area is 153 Å². The molecule has 7 heteroatoms. The Morgan fingerprint density at radius 2 is 1.85 bits per heavy atom. The van der Waals surface area contributed by atoms with Crippen molar-refractivity contribution < 1.29 is 13.2 Å². The van der Waals surface area contributed by atoms with Gasteiger partial charge in [0, 0.05) is 11.3 Å². The summed E-state index contributed by atoms with van der Waals surface area (Å²) in [6.07, 6.45) is 0. The van der Waals surface area contributed by atoms with E-state index in [1.54, 1.807) is 18.2 Å². The van der Waals surface area contributed by atoms with Gasteiger partial charge in [-0.15, -0.1) is 0 Å². The Kier molecular flexibility index (Phi) is 4.82. The van der Waals surface area contributed by atoms with Crippen molar-refractivity contribution in [1.82, 2.24) is 4.72 Å². The topological polar surface area (TPSA) is 87.6 Å². The summed E-state index contributed by atoms with van der Waals surface area (Å²) >= 11 is 0. The molecule has 3 rings (SSSR count). The molecule has 1 amide bonds. The summed E-state index contributed by atoms with van der Waals surface area (Å²) < 4.78 is 26.9. The summed E-state index contributed by atoms with van der Waals surface area (Å²) in [5.74, 6) is -0.176. The average Bonchev–Trinajstić information content (AvgIpc) is 2.83. The fourth-order valence-corrected chi connectivity index (χ4v) is 4.06. The van der Waals surface area contributed by atoms with E-state index in [-0.39, 0.29) is 22.6 Å². The highest BCUT2D eigenvalue weighted by Crippen LogP contribution is 2.23. The van der Waals surface area contributed by atoms with Crippen LogP contribution in [-0.2, 0) is 14.8 Å². The van der Waals surface area contributed by atoms with E-state index < -0.39 is 16.1 Å². The van der Waals surface area contributed by atoms with Crippen LogP contribution in [0.15, 0.2) is 58.4 Å². The van der Waals surface area contributed by atoms with Crippen molar-refractivity contribution >= 4 is 27.5 Å². The Balaban J connectivity index is 1.92. The second kappa shape index (κ2) is 6.92. The minimum absolute atomic E-state index is 0.107. The number of nitrogens with one attached hydrogen (secondary N) is 2. The Hall–Kier alpha value is -2.67. The number of rotatable bonds is 4. The zero-order valence-electron chi connectivity index (χ0n) is 14.9. The Bertz CT molecular complexity index is 981. The van der Waals surface area contributed by atoms with Gasteiger partial charge in [-0.1, -0.05) is 38.1 Å². The molecule has 0 radical (unpaired) electrons. The predicted octanol–water partition coefficient (Wildman–Crippen LogP) is 2.70. The van der Waals surface area contributed by atoms with Crippen molar-refractivity contribution in [3.63, 3.8) is 0 Å². The van der Waals surface area contributed by atoms with Gasteiger partial charge >= 0.3 is 0 Å². The molecule has 1 aliphatic heterocycles. The molecule has 2 N–H and O–H groups in total. The van der Waals surface area contributed by atoms with Crippen LogP contribution >= 0.6 is 0 Å². The third kappa shape index (κ3) is 3.62. The van der Waals surface area contributed by atoms with E-state index in [0.717, 1.165) is 5.56 Å². The summed E-state index contributed by atoms with van der Waals surface area (Å²) in [5, 5.41) is 2.86. The number of carbonyl (C=O) groups is 1. The highest BCUT2D eigenvalue weighted by atomic mass is 32.2. The molecule has 6 nitrogen and oxygen atoms in total. The van der Waals surface area contributed by atoms with Crippen LogP contribution in [0.1, 0.15) is 25.0 Å². The van der Waals surface area contributed by atoms with Gasteiger partial charge < -0.3 is 5.32 Å². The van der Waals surface area contributed by atoms with Gasteiger partial charge in [0.1, 0.15) is 11.9 Å². The molecule has 0 spiro atoms. The number of anilines is 1. The number of carbonyl (C=O) groups excluding carboxylic acids is 1. The average molecular weight is 371 g/mol. The van der Waals surface area contributed by atoms with Crippen LogP contribution in [0.3, 0.4) is 0 Å². The van der Waals surface area contributed by atoms with Crippen molar-refractivity contribution in [2.45, 2.75) is 31.7 Å². The summed E-state index contributed by atoms with van der Waals surface area (Å²) in [7, 11) is -3.63. The second-order valence-corrected chi connectivity index (χ2v) is 8.28. The molecule has 0 aromatic heterocycles. The van der Waals surface area contributed by atoms with Gasteiger partial charge in [-0.05, 0) is 42.7 Å². The standard InChI is InChI=1S/C19H21N3O3S/c1-12(2)17(19(23)20-14-8-6-7-13(3)11-14)21-18-15-9-4-5-10-16(15)26(24,25)22-18/h4-12,17H,1-3H3,(H,20,23)(H,21,22)/t17-/m1/s1. The smallest absolute Gasteiger partial charge is 0.263 e. The van der Waals surface area contributed by atoms with E-state index in [9.17, 15) is 13.2 Å². The normalized spacial score (nSPS) is 17.6. The van der Waals surface area contributed by atoms with Crippen molar-refractivity contribution in [1.29, 1.82) is 0 Å². The fraction of sp³-hybridized carbons (Fsp3) is 0.263. The lowest BCUT2D eigenvalue weighted by molar-refractivity contribution is -0.118. The number of aryl methyl sites for hydroxylation is 1. The van der Waals surface area contributed by atoms with Crippen LogP contribution in [0, 0.1) is 12.8 Å². The Morgan fingerprint density at radius 1 is 1.12 bits per heavy atom. The monoisotopic (exact) mass is 371 g/mol. The minimum Gasteiger partial charge on any atom is -0.324 e. The number of sulfonamides is 1. The minimum atomic E-state index is -3.63. The van der Waals surface area contributed by atoms with Crippen LogP contribution < -0.4 is 10.0 Å². The SMILES string of the molecule is Cc1cccc(NC(=O)[C@H](N=C2NS(=O)(=O)c3ccccc32)C(C)C)c1. The number of hydrogen-bond acceptors (Lipinski definition) is 4. The number of amides is 1. The first-order chi connectivity index (χ1) is 12.3. The maximum atomic E-state index is 12.7. The van der Waals surface area contributed by atoms with Crippen LogP contribution in [0.25, 0.3) is 0 Å². The molecular formula is C19H21N3O3S. The largest absolute Gasteiger partial charge is 0.324 e.